The number of aliphatic carboxylic acids is 1. The van der Waals surface area contributed by atoms with Crippen LogP contribution in [0.1, 0.15) is 0 Å². The van der Waals surface area contributed by atoms with Gasteiger partial charge in [0.25, 0.3) is 0 Å². The lowest BCUT2D eigenvalue weighted by atomic mass is 9.63. The van der Waals surface area contributed by atoms with Gasteiger partial charge in [0.2, 0.25) is 36.5 Å². The second-order valence-corrected chi connectivity index (χ2v) is 5.22. The van der Waals surface area contributed by atoms with Gasteiger partial charge in [0.05, 0.1) is 43.2 Å². The summed E-state index contributed by atoms with van der Waals surface area (Å²) in [5, 5.41) is 9.60. The Morgan fingerprint density at radius 3 is 1.20 bits per heavy atom. The Hall–Kier alpha value is -4.51. The highest BCUT2D eigenvalue weighted by Gasteiger charge is 2.56. The predicted octanol–water partition coefficient (Wildman–Crippen LogP) is -1.27. The van der Waals surface area contributed by atoms with Crippen molar-refractivity contribution in [3.8, 4) is 0 Å². The summed E-state index contributed by atoms with van der Waals surface area (Å²) in [5.41, 5.74) is -3.21. The number of carboxylic acids is 1. The van der Waals surface area contributed by atoms with Crippen molar-refractivity contribution in [2.45, 2.75) is 18.1 Å². The number of hydrogen-bond donors (Lipinski definition) is 1. The van der Waals surface area contributed by atoms with Crippen molar-refractivity contribution >= 4 is 42.4 Å². The molecule has 14 heteroatoms. The first-order valence-electron chi connectivity index (χ1n) is 7.66. The van der Waals surface area contributed by atoms with Crippen LogP contribution in [-0.2, 0) is 33.6 Å². The molecule has 14 nitrogen and oxygen atoms in total. The summed E-state index contributed by atoms with van der Waals surface area (Å²) in [4.78, 5) is 96.6. The van der Waals surface area contributed by atoms with Crippen molar-refractivity contribution in [3.63, 3.8) is 0 Å². The van der Waals surface area contributed by atoms with Gasteiger partial charge in [-0.3, -0.25) is 0 Å². The number of carbonyl (C=O) groups is 1. The van der Waals surface area contributed by atoms with Crippen LogP contribution in [-0.4, -0.2) is 85.3 Å². The van der Waals surface area contributed by atoms with E-state index in [0.29, 0.717) is 0 Å². The Labute approximate surface area is 167 Å². The predicted molar refractivity (Wildman–Crippen MR) is 93.9 cm³/mol. The van der Waals surface area contributed by atoms with Crippen molar-refractivity contribution in [1.29, 1.82) is 0 Å². The van der Waals surface area contributed by atoms with Crippen molar-refractivity contribution < 1.29 is 38.7 Å². The fourth-order valence-corrected chi connectivity index (χ4v) is 2.91. The summed E-state index contributed by atoms with van der Waals surface area (Å²) in [6, 6.07) is -5.14. The Morgan fingerprint density at radius 1 is 0.700 bits per heavy atom. The summed E-state index contributed by atoms with van der Waals surface area (Å²) in [7, 11) is 0. The van der Waals surface area contributed by atoms with Crippen LogP contribution >= 0.6 is 0 Å². The Bertz CT molecular complexity index is 852. The first-order valence-corrected chi connectivity index (χ1v) is 7.66. The molecule has 0 aromatic carbocycles. The largest absolute Gasteiger partial charge is 0.478 e. The van der Waals surface area contributed by atoms with Gasteiger partial charge in [0.15, 0.2) is 0 Å². The molecule has 0 rings (SSSR count). The monoisotopic (exact) mass is 416 g/mol. The van der Waals surface area contributed by atoms with Gasteiger partial charge in [-0.2, -0.15) is 15.0 Å². The summed E-state index contributed by atoms with van der Waals surface area (Å²) in [6.45, 7) is 1.15. The first kappa shape index (κ1) is 25.5. The average molecular weight is 416 g/mol. The van der Waals surface area contributed by atoms with Crippen molar-refractivity contribution in [1.82, 2.24) is 0 Å². The van der Waals surface area contributed by atoms with Crippen LogP contribution < -0.4 is 0 Å². The van der Waals surface area contributed by atoms with Crippen molar-refractivity contribution in [2.75, 3.05) is 19.6 Å². The van der Waals surface area contributed by atoms with Gasteiger partial charge in [-0.15, -0.1) is 0 Å². The third kappa shape index (κ3) is 6.00. The molecule has 30 heavy (non-hydrogen) atoms. The number of isocyanates is 6. The summed E-state index contributed by atoms with van der Waals surface area (Å²) in [5.74, 6) is -1.74. The summed E-state index contributed by atoms with van der Waals surface area (Å²) < 4.78 is 0. The lowest BCUT2D eigenvalue weighted by molar-refractivity contribution is -0.134. The van der Waals surface area contributed by atoms with Crippen LogP contribution in [0.2, 0.25) is 0 Å². The van der Waals surface area contributed by atoms with Crippen LogP contribution in [0.25, 0.3) is 0 Å². The maximum Gasteiger partial charge on any atom is 0.331 e. The smallest absolute Gasteiger partial charge is 0.331 e. The zero-order valence-electron chi connectivity index (χ0n) is 15.0. The number of aliphatic imine (C=N–C) groups is 6. The number of carbonyl (C=O) groups excluding carboxylic acids is 6. The molecule has 0 spiro atoms. The highest BCUT2D eigenvalue weighted by atomic mass is 16.4. The Kier molecular flexibility index (Phi) is 11.6. The van der Waals surface area contributed by atoms with Gasteiger partial charge in [-0.25, -0.2) is 48.5 Å². The van der Waals surface area contributed by atoms with Crippen LogP contribution in [0.5, 0.6) is 0 Å². The molecule has 3 unspecified atom stereocenters. The van der Waals surface area contributed by atoms with Gasteiger partial charge in [-0.05, 0) is 0 Å². The van der Waals surface area contributed by atoms with Gasteiger partial charge in [0, 0.05) is 5.57 Å². The molecule has 3 atom stereocenters. The summed E-state index contributed by atoms with van der Waals surface area (Å²) >= 11 is 0. The van der Waals surface area contributed by atoms with Crippen LogP contribution in [0.15, 0.2) is 42.1 Å². The molecule has 0 saturated heterocycles. The second kappa shape index (κ2) is 13.6. The molecule has 0 aliphatic rings. The average Bonchev–Trinajstić information content (AvgIpc) is 2.73. The Balaban J connectivity index is 7.57. The highest BCUT2D eigenvalue weighted by molar-refractivity contribution is 5.88. The molecule has 1 N–H and O–H groups in total. The molecule has 0 aromatic heterocycles. The number of nitrogens with zero attached hydrogens (tertiary/aromatic N) is 6. The van der Waals surface area contributed by atoms with E-state index in [0.717, 1.165) is 36.5 Å². The third-order valence-corrected chi connectivity index (χ3v) is 4.05. The third-order valence-electron chi connectivity index (χ3n) is 4.05. The van der Waals surface area contributed by atoms with E-state index >= 15 is 0 Å². The van der Waals surface area contributed by atoms with Crippen LogP contribution in [0, 0.1) is 5.41 Å². The molecular formula is C16H12N6O8. The molecule has 154 valence electrons. The van der Waals surface area contributed by atoms with Crippen LogP contribution in [0.4, 0.5) is 0 Å². The van der Waals surface area contributed by atoms with E-state index in [2.05, 4.69) is 36.5 Å². The zero-order chi connectivity index (χ0) is 23.0. The van der Waals surface area contributed by atoms with E-state index in [4.69, 9.17) is 0 Å². The standard InChI is InChI=1S/C16H12N6O8/c1-11(15(29)30)16(12(20-8-26)2-17-5-23,13(21-9-27)3-18-6-24)14(22-10-28)4-19-7-25/h12-14H,1-4H2,(H,29,30). The number of rotatable bonds is 14. The van der Waals surface area contributed by atoms with E-state index in [1.807, 2.05) is 0 Å². The molecule has 0 heterocycles. The minimum absolute atomic E-state index is 0.740. The van der Waals surface area contributed by atoms with Crippen LogP contribution in [0.3, 0.4) is 0 Å². The van der Waals surface area contributed by atoms with E-state index in [1.54, 1.807) is 0 Å². The quantitative estimate of drug-likeness (QED) is 0.204. The topological polar surface area (TPSA) is 214 Å². The molecule has 0 amide bonds. The minimum atomic E-state index is -2.36. The minimum Gasteiger partial charge on any atom is -0.478 e. The molecule has 0 bridgehead atoms. The lowest BCUT2D eigenvalue weighted by Crippen LogP contribution is -2.57. The molecule has 0 fully saturated rings. The first-order chi connectivity index (χ1) is 14.4. The van der Waals surface area contributed by atoms with E-state index < -0.39 is 54.7 Å². The number of hydrogen-bond acceptors (Lipinski definition) is 13. The van der Waals surface area contributed by atoms with Gasteiger partial charge >= 0.3 is 5.97 Å². The molecule has 0 aliphatic heterocycles. The summed E-state index contributed by atoms with van der Waals surface area (Å²) in [6.07, 6.45) is 6.85. The van der Waals surface area contributed by atoms with Crippen molar-refractivity contribution in [2.24, 2.45) is 35.4 Å². The van der Waals surface area contributed by atoms with Gasteiger partial charge < -0.3 is 5.11 Å². The van der Waals surface area contributed by atoms with E-state index in [9.17, 15) is 38.7 Å². The fraction of sp³-hybridized carbons (Fsp3) is 0.438. The van der Waals surface area contributed by atoms with Gasteiger partial charge in [-0.1, -0.05) is 6.58 Å². The van der Waals surface area contributed by atoms with E-state index in [1.165, 1.54) is 0 Å². The Morgan fingerprint density at radius 2 is 1.00 bits per heavy atom. The van der Waals surface area contributed by atoms with E-state index in [-0.39, 0.29) is 0 Å². The maximum atomic E-state index is 11.8. The zero-order valence-corrected chi connectivity index (χ0v) is 15.0. The maximum absolute atomic E-state index is 11.8. The molecular weight excluding hydrogens is 404 g/mol. The fourth-order valence-electron chi connectivity index (χ4n) is 2.91. The highest BCUT2D eigenvalue weighted by Crippen LogP contribution is 2.44. The second-order valence-electron chi connectivity index (χ2n) is 5.22. The van der Waals surface area contributed by atoms with Gasteiger partial charge in [0.1, 0.15) is 0 Å². The number of carboxylic acid groups (broad SMARTS) is 1. The molecule has 0 radical (unpaired) electrons. The van der Waals surface area contributed by atoms with Crippen molar-refractivity contribution in [3.05, 3.63) is 12.2 Å². The SMILES string of the molecule is C=C(C(=O)O)C(C(CN=C=O)N=C=O)(C(CN=C=O)N=C=O)C(CN=C=O)N=C=O. The lowest BCUT2D eigenvalue weighted by Gasteiger charge is -2.43. The molecule has 0 aliphatic carbocycles. The molecule has 0 saturated carbocycles. The normalized spacial score (nSPS) is 14.0. The molecule has 0 aromatic rings.